The number of epoxide rings is 1. The fraction of sp³-hybridized carbons (Fsp3) is 0.727. The Kier molecular flexibility index (Phi) is 2.90. The van der Waals surface area contributed by atoms with Crippen LogP contribution in [0, 0.1) is 28.6 Å². The Balaban J connectivity index is 1.66. The molecule has 134 valence electrons. The van der Waals surface area contributed by atoms with Gasteiger partial charge in [-0.25, -0.2) is 0 Å². The topological polar surface area (TPSA) is 46.7 Å². The zero-order valence-electron chi connectivity index (χ0n) is 15.7. The Morgan fingerprint density at radius 2 is 1.96 bits per heavy atom. The third-order valence-electron chi connectivity index (χ3n) is 8.99. The summed E-state index contributed by atoms with van der Waals surface area (Å²) in [6.45, 7) is 8.77. The highest BCUT2D eigenvalue weighted by Crippen LogP contribution is 2.73. The van der Waals surface area contributed by atoms with Crippen LogP contribution in [0.3, 0.4) is 0 Å². The molecule has 1 heterocycles. The number of hydrogen-bond donors (Lipinski definition) is 0. The Labute approximate surface area is 149 Å². The molecule has 1 aliphatic heterocycles. The minimum atomic E-state index is -0.394. The number of rotatable bonds is 0. The van der Waals surface area contributed by atoms with Crippen molar-refractivity contribution < 1.29 is 14.3 Å². The summed E-state index contributed by atoms with van der Waals surface area (Å²) in [5.74, 6) is 2.16. The lowest BCUT2D eigenvalue weighted by Gasteiger charge is -2.59. The SMILES string of the molecule is CC=C1C[C@@H]2[C@@H](CC[C@]3(C)C(=O)CC[C@@H]23)[C@@]2(C)C(C)=CC(=O)C3OC132. The van der Waals surface area contributed by atoms with Gasteiger partial charge in [-0.05, 0) is 68.9 Å². The number of carbonyl (C=O) groups is 2. The van der Waals surface area contributed by atoms with Crippen LogP contribution in [0.15, 0.2) is 23.3 Å². The van der Waals surface area contributed by atoms with Crippen LogP contribution in [0.4, 0.5) is 0 Å². The lowest BCUT2D eigenvalue weighted by molar-refractivity contribution is -0.133. The van der Waals surface area contributed by atoms with Gasteiger partial charge in [0, 0.05) is 17.3 Å². The summed E-state index contributed by atoms with van der Waals surface area (Å²) < 4.78 is 6.23. The Hall–Kier alpha value is -1.22. The van der Waals surface area contributed by atoms with Gasteiger partial charge in [0.25, 0.3) is 0 Å². The molecule has 3 heteroatoms. The van der Waals surface area contributed by atoms with E-state index in [0.717, 1.165) is 32.1 Å². The molecule has 1 spiro atoms. The molecule has 0 N–H and O–H groups in total. The molecule has 4 fully saturated rings. The van der Waals surface area contributed by atoms with E-state index in [0.29, 0.717) is 23.5 Å². The van der Waals surface area contributed by atoms with Crippen LogP contribution >= 0.6 is 0 Å². The summed E-state index contributed by atoms with van der Waals surface area (Å²) >= 11 is 0. The zero-order chi connectivity index (χ0) is 17.8. The van der Waals surface area contributed by atoms with E-state index >= 15 is 0 Å². The van der Waals surface area contributed by atoms with E-state index in [4.69, 9.17) is 4.74 Å². The maximum Gasteiger partial charge on any atom is 0.187 e. The highest BCUT2D eigenvalue weighted by Gasteiger charge is 2.78. The average Bonchev–Trinajstić information content (AvgIpc) is 3.26. The van der Waals surface area contributed by atoms with Crippen molar-refractivity contribution in [2.24, 2.45) is 28.6 Å². The molecule has 3 nitrogen and oxygen atoms in total. The molecular weight excluding hydrogens is 312 g/mol. The minimum Gasteiger partial charge on any atom is -0.352 e. The van der Waals surface area contributed by atoms with Crippen LogP contribution in [0.25, 0.3) is 0 Å². The third kappa shape index (κ3) is 1.55. The highest BCUT2D eigenvalue weighted by atomic mass is 16.6. The predicted octanol–water partition coefficient (Wildman–Crippen LogP) is 4.02. The molecule has 5 rings (SSSR count). The molecule has 0 aromatic rings. The maximum absolute atomic E-state index is 12.6. The lowest BCUT2D eigenvalue weighted by Crippen LogP contribution is -2.59. The molecule has 0 aromatic carbocycles. The van der Waals surface area contributed by atoms with Gasteiger partial charge in [-0.15, -0.1) is 0 Å². The highest BCUT2D eigenvalue weighted by molar-refractivity contribution is 6.00. The largest absolute Gasteiger partial charge is 0.352 e. The van der Waals surface area contributed by atoms with Gasteiger partial charge in [0.1, 0.15) is 11.4 Å². The quantitative estimate of drug-likeness (QED) is 0.494. The predicted molar refractivity (Wildman–Crippen MR) is 94.9 cm³/mol. The zero-order valence-corrected chi connectivity index (χ0v) is 15.7. The molecule has 1 saturated heterocycles. The van der Waals surface area contributed by atoms with E-state index < -0.39 is 5.60 Å². The molecule has 3 saturated carbocycles. The first-order chi connectivity index (χ1) is 11.8. The van der Waals surface area contributed by atoms with Crippen molar-refractivity contribution in [3.05, 3.63) is 23.3 Å². The summed E-state index contributed by atoms with van der Waals surface area (Å²) in [5.41, 5.74) is 1.88. The van der Waals surface area contributed by atoms with Gasteiger partial charge >= 0.3 is 0 Å². The maximum atomic E-state index is 12.6. The normalized spacial score (nSPS) is 55.2. The average molecular weight is 340 g/mol. The van der Waals surface area contributed by atoms with Crippen molar-refractivity contribution in [1.29, 1.82) is 0 Å². The van der Waals surface area contributed by atoms with Gasteiger partial charge in [-0.2, -0.15) is 0 Å². The van der Waals surface area contributed by atoms with Gasteiger partial charge < -0.3 is 4.74 Å². The van der Waals surface area contributed by atoms with Crippen molar-refractivity contribution in [3.8, 4) is 0 Å². The van der Waals surface area contributed by atoms with Crippen molar-refractivity contribution in [3.63, 3.8) is 0 Å². The first-order valence-corrected chi connectivity index (χ1v) is 9.90. The van der Waals surface area contributed by atoms with Gasteiger partial charge in [0.2, 0.25) is 0 Å². The molecule has 7 atom stereocenters. The fourth-order valence-corrected chi connectivity index (χ4v) is 7.48. The standard InChI is InChI=1S/C22H28O3/c1-5-13-11-14-15-6-7-18(24)20(15,3)9-8-16(14)21(4)12(2)10-17(23)19-22(13,21)25-19/h5,10,14-16,19H,6-9,11H2,1-4H3/t14-,15-,16+,19?,20-,21+,22?/m0/s1. The Morgan fingerprint density at radius 3 is 2.68 bits per heavy atom. The summed E-state index contributed by atoms with van der Waals surface area (Å²) in [6, 6.07) is 0. The van der Waals surface area contributed by atoms with Crippen molar-refractivity contribution >= 4 is 11.6 Å². The van der Waals surface area contributed by atoms with Gasteiger partial charge in [-0.1, -0.05) is 25.5 Å². The summed E-state index contributed by atoms with van der Waals surface area (Å²) in [6.07, 6.45) is 8.65. The van der Waals surface area contributed by atoms with Crippen LogP contribution in [0.1, 0.15) is 59.8 Å². The second-order valence-electron chi connectivity index (χ2n) is 9.48. The second kappa shape index (κ2) is 4.54. The van der Waals surface area contributed by atoms with Crippen LogP contribution in [0.5, 0.6) is 0 Å². The van der Waals surface area contributed by atoms with Gasteiger partial charge in [0.05, 0.1) is 0 Å². The number of hydrogen-bond acceptors (Lipinski definition) is 3. The molecular formula is C22H28O3. The monoisotopic (exact) mass is 340 g/mol. The van der Waals surface area contributed by atoms with Crippen LogP contribution in [0.2, 0.25) is 0 Å². The van der Waals surface area contributed by atoms with Crippen LogP contribution in [-0.2, 0) is 14.3 Å². The van der Waals surface area contributed by atoms with Crippen molar-refractivity contribution in [1.82, 2.24) is 0 Å². The second-order valence-corrected chi connectivity index (χ2v) is 9.48. The minimum absolute atomic E-state index is 0.108. The van der Waals surface area contributed by atoms with E-state index in [1.165, 1.54) is 11.1 Å². The van der Waals surface area contributed by atoms with Crippen molar-refractivity contribution in [2.45, 2.75) is 71.5 Å². The number of carbonyl (C=O) groups excluding carboxylic acids is 2. The smallest absolute Gasteiger partial charge is 0.187 e. The summed E-state index contributed by atoms with van der Waals surface area (Å²) in [4.78, 5) is 25.1. The molecule has 5 aliphatic rings. The van der Waals surface area contributed by atoms with Gasteiger partial charge in [0.15, 0.2) is 11.9 Å². The number of allylic oxidation sites excluding steroid dienone is 1. The van der Waals surface area contributed by atoms with E-state index in [1.807, 2.05) is 6.08 Å². The number of ketones is 2. The Morgan fingerprint density at radius 1 is 1.20 bits per heavy atom. The first-order valence-electron chi connectivity index (χ1n) is 9.90. The van der Waals surface area contributed by atoms with E-state index in [2.05, 4.69) is 33.8 Å². The fourth-order valence-electron chi connectivity index (χ4n) is 7.48. The first kappa shape index (κ1) is 16.0. The van der Waals surface area contributed by atoms with E-state index in [9.17, 15) is 9.59 Å². The lowest BCUT2D eigenvalue weighted by atomic mass is 9.43. The molecule has 0 aromatic heterocycles. The Bertz CT molecular complexity index is 761. The summed E-state index contributed by atoms with van der Waals surface area (Å²) in [7, 11) is 0. The van der Waals surface area contributed by atoms with Crippen molar-refractivity contribution in [2.75, 3.05) is 0 Å². The molecule has 0 bridgehead atoms. The molecule has 0 radical (unpaired) electrons. The molecule has 2 unspecified atom stereocenters. The number of ether oxygens (including phenoxy) is 1. The van der Waals surface area contributed by atoms with Gasteiger partial charge in [-0.3, -0.25) is 9.59 Å². The van der Waals surface area contributed by atoms with Crippen LogP contribution < -0.4 is 0 Å². The molecule has 25 heavy (non-hydrogen) atoms. The summed E-state index contributed by atoms with van der Waals surface area (Å²) in [5, 5.41) is 0. The molecule has 4 aliphatic carbocycles. The third-order valence-corrected chi connectivity index (χ3v) is 8.99. The molecule has 0 amide bonds. The van der Waals surface area contributed by atoms with E-state index in [-0.39, 0.29) is 22.7 Å². The van der Waals surface area contributed by atoms with E-state index in [1.54, 1.807) is 0 Å². The number of Topliss-reactive ketones (excluding diaryl/α,β-unsaturated/α-hetero) is 1. The van der Waals surface area contributed by atoms with Crippen LogP contribution in [-0.4, -0.2) is 23.3 Å². The number of fused-ring (bicyclic) bond motifs is 4.